The Morgan fingerprint density at radius 3 is 1.33 bits per heavy atom. The molecule has 0 aliphatic heterocycles. The third-order valence-electron chi connectivity index (χ3n) is 1.69. The molecule has 0 aromatic heterocycles. The summed E-state index contributed by atoms with van der Waals surface area (Å²) in [6, 6.07) is 0. The van der Waals surface area contributed by atoms with Crippen LogP contribution in [-0.4, -0.2) is 0 Å². The first-order chi connectivity index (χ1) is 4.09. The maximum Gasteiger partial charge on any atom is 0 e. The molecular weight excluding hydrogens is 227 g/mol. The first kappa shape index (κ1) is 23.0. The summed E-state index contributed by atoms with van der Waals surface area (Å²) in [6.45, 7) is 10.4. The van der Waals surface area contributed by atoms with Gasteiger partial charge in [0.1, 0.15) is 0 Å². The molecule has 0 radical (unpaired) electrons. The van der Waals surface area contributed by atoms with E-state index in [1.165, 1.54) is 16.7 Å². The monoisotopic (exact) mass is 243 g/mol. The van der Waals surface area contributed by atoms with Gasteiger partial charge in [0.05, 0.1) is 0 Å². The van der Waals surface area contributed by atoms with Crippen LogP contribution in [0.15, 0.2) is 16.7 Å². The summed E-state index contributed by atoms with van der Waals surface area (Å²) in [7, 11) is 0. The zero-order chi connectivity index (χ0) is 7.44. The van der Waals surface area contributed by atoms with Crippen LogP contribution in [0.25, 0.3) is 0 Å². The minimum Gasteiger partial charge on any atom is -0.275 e. The molecule has 0 saturated heterocycles. The maximum atomic E-state index is 3.10. The van der Waals surface area contributed by atoms with Crippen molar-refractivity contribution in [2.24, 2.45) is 0 Å². The van der Waals surface area contributed by atoms with Gasteiger partial charge in [-0.15, -0.1) is 38.7 Å². The van der Waals surface area contributed by atoms with E-state index >= 15 is 0 Å². The topological polar surface area (TPSA) is 0 Å². The molecule has 3 heteroatoms. The van der Waals surface area contributed by atoms with Crippen LogP contribution in [0.1, 0.15) is 34.6 Å². The van der Waals surface area contributed by atoms with Gasteiger partial charge in [-0.3, -0.25) is 6.08 Å². The van der Waals surface area contributed by atoms with E-state index in [1.807, 2.05) is 6.92 Å². The molecule has 0 bridgehead atoms. The molecular formula is C9H17Cl2Ti-. The summed E-state index contributed by atoms with van der Waals surface area (Å²) in [5.74, 6) is 0. The Bertz CT molecular complexity index is 156. The van der Waals surface area contributed by atoms with Gasteiger partial charge in [-0.2, -0.15) is 11.1 Å². The van der Waals surface area contributed by atoms with E-state index in [2.05, 4.69) is 33.8 Å². The summed E-state index contributed by atoms with van der Waals surface area (Å²) in [5, 5.41) is 0. The van der Waals surface area contributed by atoms with Crippen molar-refractivity contribution >= 4 is 24.8 Å². The van der Waals surface area contributed by atoms with E-state index in [1.54, 1.807) is 0 Å². The van der Waals surface area contributed by atoms with Crippen molar-refractivity contribution in [1.29, 1.82) is 0 Å². The molecule has 0 saturated carbocycles. The van der Waals surface area contributed by atoms with Crippen molar-refractivity contribution in [3.05, 3.63) is 22.8 Å². The van der Waals surface area contributed by atoms with E-state index in [9.17, 15) is 0 Å². The summed E-state index contributed by atoms with van der Waals surface area (Å²) < 4.78 is 0. The average Bonchev–Trinajstić information content (AvgIpc) is 1.84. The van der Waals surface area contributed by atoms with Crippen molar-refractivity contribution in [2.45, 2.75) is 34.6 Å². The summed E-state index contributed by atoms with van der Waals surface area (Å²) in [4.78, 5) is 0. The van der Waals surface area contributed by atoms with Gasteiger partial charge in [0.2, 0.25) is 0 Å². The molecule has 72 valence electrons. The van der Waals surface area contributed by atoms with Gasteiger partial charge in [0, 0.05) is 21.7 Å². The second-order valence-electron chi connectivity index (χ2n) is 2.50. The molecule has 0 atom stereocenters. The number of allylic oxidation sites excluding steroid dienone is 4. The first-order valence-electron chi connectivity index (χ1n) is 3.25. The fraction of sp³-hybridized carbons (Fsp3) is 0.556. The van der Waals surface area contributed by atoms with Gasteiger partial charge in [0.25, 0.3) is 0 Å². The molecule has 0 nitrogen and oxygen atoms in total. The van der Waals surface area contributed by atoms with Crippen LogP contribution in [0.3, 0.4) is 0 Å². The van der Waals surface area contributed by atoms with Crippen molar-refractivity contribution in [2.75, 3.05) is 0 Å². The van der Waals surface area contributed by atoms with Crippen molar-refractivity contribution < 1.29 is 21.7 Å². The summed E-state index contributed by atoms with van der Waals surface area (Å²) in [5.41, 5.74) is 3.99. The predicted molar refractivity (Wildman–Crippen MR) is 56.6 cm³/mol. The zero-order valence-electron chi connectivity index (χ0n) is 8.32. The molecule has 12 heavy (non-hydrogen) atoms. The molecule has 0 aliphatic carbocycles. The largest absolute Gasteiger partial charge is 0.275 e. The van der Waals surface area contributed by atoms with E-state index in [0.717, 1.165) is 0 Å². The van der Waals surface area contributed by atoms with Crippen LogP contribution in [0, 0.1) is 6.08 Å². The second kappa shape index (κ2) is 11.8. The van der Waals surface area contributed by atoms with Gasteiger partial charge in [0.15, 0.2) is 0 Å². The van der Waals surface area contributed by atoms with Crippen molar-refractivity contribution in [3.63, 3.8) is 0 Å². The van der Waals surface area contributed by atoms with Crippen molar-refractivity contribution in [3.8, 4) is 0 Å². The molecule has 0 fully saturated rings. The van der Waals surface area contributed by atoms with Crippen LogP contribution in [-0.2, 0) is 21.7 Å². The Morgan fingerprint density at radius 2 is 1.25 bits per heavy atom. The first-order valence-corrected chi connectivity index (χ1v) is 3.25. The Kier molecular flexibility index (Phi) is 22.6. The second-order valence-corrected chi connectivity index (χ2v) is 2.50. The van der Waals surface area contributed by atoms with Crippen molar-refractivity contribution in [1.82, 2.24) is 0 Å². The fourth-order valence-corrected chi connectivity index (χ4v) is 0.562. The molecule has 0 aromatic carbocycles. The van der Waals surface area contributed by atoms with Crippen LogP contribution in [0.4, 0.5) is 0 Å². The van der Waals surface area contributed by atoms with Gasteiger partial charge in [-0.1, -0.05) is 20.8 Å². The van der Waals surface area contributed by atoms with Gasteiger partial charge >= 0.3 is 0 Å². The van der Waals surface area contributed by atoms with Crippen LogP contribution in [0.5, 0.6) is 0 Å². The molecule has 0 spiro atoms. The fourth-order valence-electron chi connectivity index (χ4n) is 0.562. The average molecular weight is 244 g/mol. The Labute approximate surface area is 104 Å². The molecule has 0 unspecified atom stereocenters. The van der Waals surface area contributed by atoms with Gasteiger partial charge in [-0.25, -0.2) is 5.57 Å². The Morgan fingerprint density at radius 1 is 0.917 bits per heavy atom. The minimum absolute atomic E-state index is 0. The third kappa shape index (κ3) is 8.87. The smallest absolute Gasteiger partial charge is 0 e. The van der Waals surface area contributed by atoms with Gasteiger partial charge < -0.3 is 0 Å². The number of halogens is 2. The summed E-state index contributed by atoms with van der Waals surface area (Å²) >= 11 is 0. The van der Waals surface area contributed by atoms with Crippen LogP contribution < -0.4 is 0 Å². The quantitative estimate of drug-likeness (QED) is 0.372. The molecule has 0 N–H and O–H groups in total. The number of hydrogen-bond acceptors (Lipinski definition) is 0. The Hall–Kier alpha value is 0.774. The minimum atomic E-state index is 0. The maximum absolute atomic E-state index is 3.10. The number of hydrogen-bond donors (Lipinski definition) is 0. The molecule has 0 aromatic rings. The number of rotatable bonds is 1. The molecule has 0 amide bonds. The predicted octanol–water partition coefficient (Wildman–Crippen LogP) is 3.95. The molecule has 0 aliphatic rings. The van der Waals surface area contributed by atoms with E-state index in [-0.39, 0.29) is 46.5 Å². The van der Waals surface area contributed by atoms with Gasteiger partial charge in [-0.05, 0) is 0 Å². The van der Waals surface area contributed by atoms with E-state index in [0.29, 0.717) is 0 Å². The zero-order valence-corrected chi connectivity index (χ0v) is 11.5. The SMILES string of the molecule is C[C-]=C(C)C(C)=C(C)C.Cl.Cl.[Ti]. The third-order valence-corrected chi connectivity index (χ3v) is 1.69. The normalized spacial score (nSPS) is 8.58. The Balaban J connectivity index is -0.000000107. The summed E-state index contributed by atoms with van der Waals surface area (Å²) in [6.07, 6.45) is 3.10. The molecule has 0 rings (SSSR count). The standard InChI is InChI=1S/C9H15.2ClH.Ti/c1-6-8(4)9(5)7(2)3;;;/h1-5H3;2*1H;/q-1;;;. The van der Waals surface area contributed by atoms with Crippen LogP contribution in [0.2, 0.25) is 0 Å². The van der Waals surface area contributed by atoms with E-state index in [4.69, 9.17) is 0 Å². The van der Waals surface area contributed by atoms with E-state index < -0.39 is 0 Å². The molecule has 0 heterocycles. The van der Waals surface area contributed by atoms with Crippen LogP contribution >= 0.6 is 24.8 Å².